The molecule has 0 bridgehead atoms. The van der Waals surface area contributed by atoms with E-state index in [0.717, 1.165) is 65.2 Å². The molecule has 0 spiro atoms. The van der Waals surface area contributed by atoms with E-state index in [1.807, 2.05) is 114 Å². The van der Waals surface area contributed by atoms with Gasteiger partial charge in [-0.1, -0.05) is 103 Å². The van der Waals surface area contributed by atoms with Crippen LogP contribution in [0.4, 0.5) is 0 Å². The standard InChI is InChI=1S/C43H26N7OP/c51-52(28-12-2-1-3-13-28)37-21-9-6-16-31(37)32-23-22-27(26-38(32)52)39-46-42(49-35-19-7-4-14-29(35)30-15-5-8-20-36(30)49)48-43(47-39)50-40-33(17-10-24-44-40)34-18-11-25-45-41(34)50/h1-26H. The summed E-state index contributed by atoms with van der Waals surface area (Å²) in [7, 11) is -3.20. The molecule has 0 aliphatic carbocycles. The molecule has 0 N–H and O–H groups in total. The van der Waals surface area contributed by atoms with Crippen LogP contribution in [-0.4, -0.2) is 34.1 Å². The van der Waals surface area contributed by atoms with E-state index in [2.05, 4.69) is 41.0 Å². The van der Waals surface area contributed by atoms with Gasteiger partial charge in [0, 0.05) is 55.4 Å². The second kappa shape index (κ2) is 10.9. The smallest absolute Gasteiger partial charge is 0.242 e. The van der Waals surface area contributed by atoms with Crippen molar-refractivity contribution in [2.24, 2.45) is 0 Å². The van der Waals surface area contributed by atoms with Crippen LogP contribution in [0.15, 0.2) is 158 Å². The van der Waals surface area contributed by atoms with Crippen molar-refractivity contribution in [1.29, 1.82) is 0 Å². The van der Waals surface area contributed by atoms with Crippen LogP contribution in [0.5, 0.6) is 0 Å². The Balaban J connectivity index is 1.22. The van der Waals surface area contributed by atoms with Crippen LogP contribution in [0.25, 0.3) is 78.3 Å². The van der Waals surface area contributed by atoms with Gasteiger partial charge in [-0.05, 0) is 53.6 Å². The topological polar surface area (TPSA) is 91.4 Å². The Morgan fingerprint density at radius 1 is 0.462 bits per heavy atom. The van der Waals surface area contributed by atoms with E-state index >= 15 is 4.57 Å². The lowest BCUT2D eigenvalue weighted by molar-refractivity contribution is 0.593. The summed E-state index contributed by atoms with van der Waals surface area (Å²) in [6, 6.07) is 48.4. The van der Waals surface area contributed by atoms with Gasteiger partial charge in [0.25, 0.3) is 0 Å². The Morgan fingerprint density at radius 2 is 1.02 bits per heavy atom. The number of hydrogen-bond donors (Lipinski definition) is 0. The maximum atomic E-state index is 15.5. The highest BCUT2D eigenvalue weighted by molar-refractivity contribution is 7.86. The fourth-order valence-corrected chi connectivity index (χ4v) is 11.0. The molecule has 11 rings (SSSR count). The summed E-state index contributed by atoms with van der Waals surface area (Å²) in [6.07, 6.45) is 3.54. The number of fused-ring (bicyclic) bond motifs is 9. The van der Waals surface area contributed by atoms with Crippen molar-refractivity contribution < 1.29 is 4.57 Å². The molecule has 52 heavy (non-hydrogen) atoms. The third-order valence-corrected chi connectivity index (χ3v) is 13.3. The maximum absolute atomic E-state index is 15.5. The molecule has 1 atom stereocenters. The summed E-state index contributed by atoms with van der Waals surface area (Å²) in [5, 5.41) is 6.51. The molecular formula is C43H26N7OP. The molecule has 1 aliphatic heterocycles. The Bertz CT molecular complexity index is 2890. The first kappa shape index (κ1) is 29.0. The van der Waals surface area contributed by atoms with E-state index in [-0.39, 0.29) is 0 Å². The molecular weight excluding hydrogens is 661 g/mol. The van der Waals surface area contributed by atoms with E-state index in [0.29, 0.717) is 29.0 Å². The molecule has 244 valence electrons. The van der Waals surface area contributed by atoms with Crippen LogP contribution in [0.3, 0.4) is 0 Å². The minimum atomic E-state index is -3.20. The van der Waals surface area contributed by atoms with Crippen LogP contribution in [-0.2, 0) is 4.57 Å². The van der Waals surface area contributed by atoms with Crippen molar-refractivity contribution >= 4 is 66.9 Å². The summed E-state index contributed by atoms with van der Waals surface area (Å²) >= 11 is 0. The van der Waals surface area contributed by atoms with Gasteiger partial charge >= 0.3 is 0 Å². The van der Waals surface area contributed by atoms with Gasteiger partial charge in [-0.3, -0.25) is 4.57 Å². The monoisotopic (exact) mass is 687 g/mol. The molecule has 5 aromatic carbocycles. The molecule has 5 aromatic heterocycles. The van der Waals surface area contributed by atoms with Crippen molar-refractivity contribution in [2.45, 2.75) is 0 Å². The zero-order chi connectivity index (χ0) is 34.4. The van der Waals surface area contributed by atoms with Crippen LogP contribution >= 0.6 is 7.14 Å². The molecule has 0 radical (unpaired) electrons. The van der Waals surface area contributed by atoms with Gasteiger partial charge in [0.2, 0.25) is 11.9 Å². The van der Waals surface area contributed by atoms with Crippen LogP contribution in [0.2, 0.25) is 0 Å². The molecule has 8 nitrogen and oxygen atoms in total. The van der Waals surface area contributed by atoms with Crippen molar-refractivity contribution in [3.63, 3.8) is 0 Å². The second-order valence-electron chi connectivity index (χ2n) is 12.9. The lowest BCUT2D eigenvalue weighted by Gasteiger charge is -2.16. The van der Waals surface area contributed by atoms with Gasteiger partial charge in [0.05, 0.1) is 11.0 Å². The van der Waals surface area contributed by atoms with Gasteiger partial charge < -0.3 is 4.57 Å². The Labute approximate surface area is 297 Å². The Hall–Kier alpha value is -6.76. The molecule has 9 heteroatoms. The zero-order valence-corrected chi connectivity index (χ0v) is 28.4. The number of rotatable bonds is 4. The van der Waals surface area contributed by atoms with Gasteiger partial charge in [0.1, 0.15) is 11.3 Å². The van der Waals surface area contributed by atoms with Crippen molar-refractivity contribution in [3.8, 4) is 34.4 Å². The van der Waals surface area contributed by atoms with Crippen LogP contribution < -0.4 is 15.9 Å². The van der Waals surface area contributed by atoms with Crippen molar-refractivity contribution in [1.82, 2.24) is 34.1 Å². The first-order chi connectivity index (χ1) is 25.7. The largest absolute Gasteiger partial charge is 0.309 e. The molecule has 6 heterocycles. The van der Waals surface area contributed by atoms with E-state index in [4.69, 9.17) is 24.9 Å². The van der Waals surface area contributed by atoms with Crippen LogP contribution in [0.1, 0.15) is 0 Å². The average Bonchev–Trinajstić information content (AvgIpc) is 3.82. The molecule has 0 saturated carbocycles. The fourth-order valence-electron chi connectivity index (χ4n) is 7.86. The number of para-hydroxylation sites is 2. The van der Waals surface area contributed by atoms with E-state index in [1.165, 1.54) is 0 Å². The Kier molecular flexibility index (Phi) is 6.06. The number of hydrogen-bond acceptors (Lipinski definition) is 6. The highest BCUT2D eigenvalue weighted by Crippen LogP contribution is 2.52. The SMILES string of the molecule is O=P1(c2ccccc2)c2ccccc2-c2ccc(-c3nc(-n4c5ccccc5c5ccccc54)nc(-n4c5ncccc5c5cccnc54)n3)cc21. The van der Waals surface area contributed by atoms with E-state index in [9.17, 15) is 0 Å². The first-order valence-electron chi connectivity index (χ1n) is 17.0. The van der Waals surface area contributed by atoms with Crippen molar-refractivity contribution in [3.05, 3.63) is 158 Å². The van der Waals surface area contributed by atoms with E-state index < -0.39 is 7.14 Å². The first-order valence-corrected chi connectivity index (χ1v) is 18.7. The average molecular weight is 688 g/mol. The third kappa shape index (κ3) is 3.98. The third-order valence-electron chi connectivity index (χ3n) is 10.1. The number of nitrogens with zero attached hydrogens (tertiary/aromatic N) is 7. The fraction of sp³-hybridized carbons (Fsp3) is 0. The lowest BCUT2D eigenvalue weighted by atomic mass is 10.0. The van der Waals surface area contributed by atoms with Crippen LogP contribution in [0, 0.1) is 0 Å². The predicted molar refractivity (Wildman–Crippen MR) is 208 cm³/mol. The minimum absolute atomic E-state index is 0.384. The molecule has 0 saturated heterocycles. The van der Waals surface area contributed by atoms with E-state index in [1.54, 1.807) is 12.4 Å². The molecule has 1 aliphatic rings. The number of aromatic nitrogens is 7. The highest BCUT2D eigenvalue weighted by Gasteiger charge is 2.40. The van der Waals surface area contributed by atoms with Gasteiger partial charge in [-0.25, -0.2) is 14.5 Å². The van der Waals surface area contributed by atoms with Crippen molar-refractivity contribution in [2.75, 3.05) is 0 Å². The summed E-state index contributed by atoms with van der Waals surface area (Å²) in [4.78, 5) is 25.2. The maximum Gasteiger partial charge on any atom is 0.242 e. The molecule has 0 amide bonds. The summed E-state index contributed by atoms with van der Waals surface area (Å²) < 4.78 is 19.5. The number of benzene rings is 5. The van der Waals surface area contributed by atoms with Gasteiger partial charge in [0.15, 0.2) is 13.0 Å². The second-order valence-corrected chi connectivity index (χ2v) is 15.6. The summed E-state index contributed by atoms with van der Waals surface area (Å²) in [6.45, 7) is 0. The quantitative estimate of drug-likeness (QED) is 0.174. The number of pyridine rings is 2. The highest BCUT2D eigenvalue weighted by atomic mass is 31.2. The summed E-state index contributed by atoms with van der Waals surface area (Å²) in [5.74, 6) is 1.28. The Morgan fingerprint density at radius 3 is 1.71 bits per heavy atom. The molecule has 10 aromatic rings. The lowest BCUT2D eigenvalue weighted by Crippen LogP contribution is -2.20. The molecule has 1 unspecified atom stereocenters. The zero-order valence-electron chi connectivity index (χ0n) is 27.5. The van der Waals surface area contributed by atoms with Gasteiger partial charge in [-0.15, -0.1) is 0 Å². The normalized spacial score (nSPS) is 15.1. The molecule has 0 fully saturated rings. The summed E-state index contributed by atoms with van der Waals surface area (Å²) in [5.41, 5.74) is 6.01. The predicted octanol–water partition coefficient (Wildman–Crippen LogP) is 8.14. The van der Waals surface area contributed by atoms with Gasteiger partial charge in [-0.2, -0.15) is 15.0 Å². The minimum Gasteiger partial charge on any atom is -0.309 e.